The third-order valence-corrected chi connectivity index (χ3v) is 1.55. The van der Waals surface area contributed by atoms with Gasteiger partial charge in [-0.05, 0) is 19.9 Å². The molecule has 0 aliphatic heterocycles. The van der Waals surface area contributed by atoms with Gasteiger partial charge in [0.05, 0.1) is 0 Å². The Kier molecular flexibility index (Phi) is 8.19. The molecule has 12 heavy (non-hydrogen) atoms. The summed E-state index contributed by atoms with van der Waals surface area (Å²) in [5.41, 5.74) is 6.38. The smallest absolute Gasteiger partial charge is 0.0235 e. The molecule has 0 aromatic heterocycles. The number of alkyl halides is 1. The lowest BCUT2D eigenvalue weighted by Gasteiger charge is -1.82. The van der Waals surface area contributed by atoms with Crippen molar-refractivity contribution in [2.75, 3.05) is 12.4 Å². The summed E-state index contributed by atoms with van der Waals surface area (Å²) in [4.78, 5) is 0. The van der Waals surface area contributed by atoms with Gasteiger partial charge in [-0.2, -0.15) is 0 Å². The van der Waals surface area contributed by atoms with Crippen LogP contribution in [0.25, 0.3) is 0 Å². The van der Waals surface area contributed by atoms with Crippen LogP contribution in [0.2, 0.25) is 0 Å². The molecule has 0 amide bonds. The third-order valence-electron chi connectivity index (χ3n) is 1.28. The van der Waals surface area contributed by atoms with Gasteiger partial charge in [-0.3, -0.25) is 0 Å². The Hall–Kier alpha value is -0.530. The van der Waals surface area contributed by atoms with E-state index in [1.165, 1.54) is 5.56 Å². The Morgan fingerprint density at radius 2 is 1.83 bits per heavy atom. The molecule has 0 radical (unpaired) electrons. The quantitative estimate of drug-likeness (QED) is 0.705. The van der Waals surface area contributed by atoms with Crippen LogP contribution in [-0.4, -0.2) is 12.4 Å². The SMILES string of the molecule is Cc1ccccc1.NCCCCl. The predicted octanol–water partition coefficient (Wildman–Crippen LogP) is 2.57. The van der Waals surface area contributed by atoms with Crippen molar-refractivity contribution in [3.8, 4) is 0 Å². The third kappa shape index (κ3) is 7.58. The molecule has 1 aromatic carbocycles. The first-order valence-electron chi connectivity index (χ1n) is 4.09. The van der Waals surface area contributed by atoms with Gasteiger partial charge in [0.15, 0.2) is 0 Å². The number of halogens is 1. The standard InChI is InChI=1S/C7H8.C3H8ClN/c1-7-5-3-2-4-6-7;4-2-1-3-5/h2-6H,1H3;1-3,5H2. The molecular formula is C10H16ClN. The second-order valence-electron chi connectivity index (χ2n) is 2.49. The number of hydrogen-bond acceptors (Lipinski definition) is 1. The van der Waals surface area contributed by atoms with Crippen LogP contribution >= 0.6 is 11.6 Å². The van der Waals surface area contributed by atoms with E-state index >= 15 is 0 Å². The summed E-state index contributed by atoms with van der Waals surface area (Å²) < 4.78 is 0. The van der Waals surface area contributed by atoms with E-state index in [1.807, 2.05) is 18.2 Å². The molecule has 0 atom stereocenters. The van der Waals surface area contributed by atoms with Gasteiger partial charge in [0, 0.05) is 5.88 Å². The van der Waals surface area contributed by atoms with Crippen LogP contribution in [0.5, 0.6) is 0 Å². The van der Waals surface area contributed by atoms with Gasteiger partial charge in [-0.15, -0.1) is 11.6 Å². The highest BCUT2D eigenvalue weighted by atomic mass is 35.5. The molecule has 2 heteroatoms. The summed E-state index contributed by atoms with van der Waals surface area (Å²) in [5, 5.41) is 0. The molecule has 0 aliphatic rings. The second kappa shape index (κ2) is 8.57. The predicted molar refractivity (Wildman–Crippen MR) is 55.6 cm³/mol. The van der Waals surface area contributed by atoms with Crippen molar-refractivity contribution in [1.82, 2.24) is 0 Å². The van der Waals surface area contributed by atoms with E-state index in [2.05, 4.69) is 19.1 Å². The van der Waals surface area contributed by atoms with Crippen LogP contribution in [0.15, 0.2) is 30.3 Å². The van der Waals surface area contributed by atoms with Gasteiger partial charge in [-0.1, -0.05) is 35.9 Å². The summed E-state index contributed by atoms with van der Waals surface area (Å²) >= 11 is 5.22. The molecule has 1 rings (SSSR count). The molecule has 0 bridgehead atoms. The van der Waals surface area contributed by atoms with Crippen molar-refractivity contribution in [3.05, 3.63) is 35.9 Å². The fourth-order valence-electron chi connectivity index (χ4n) is 0.612. The van der Waals surface area contributed by atoms with Crippen molar-refractivity contribution in [1.29, 1.82) is 0 Å². The minimum absolute atomic E-state index is 0.691. The summed E-state index contributed by atoms with van der Waals surface area (Å²) in [6.45, 7) is 2.80. The first-order valence-corrected chi connectivity index (χ1v) is 4.62. The Morgan fingerprint density at radius 3 is 2.00 bits per heavy atom. The van der Waals surface area contributed by atoms with Gasteiger partial charge in [-0.25, -0.2) is 0 Å². The zero-order valence-corrected chi connectivity index (χ0v) is 8.22. The molecule has 68 valence electrons. The Bertz CT molecular complexity index is 172. The van der Waals surface area contributed by atoms with Crippen molar-refractivity contribution in [2.24, 2.45) is 5.73 Å². The Labute approximate surface area is 79.5 Å². The average molecular weight is 186 g/mol. The van der Waals surface area contributed by atoms with Crippen LogP contribution in [0.3, 0.4) is 0 Å². The number of hydrogen-bond donors (Lipinski definition) is 1. The summed E-state index contributed by atoms with van der Waals surface area (Å²) in [7, 11) is 0. The normalized spacial score (nSPS) is 8.58. The fourth-order valence-corrected chi connectivity index (χ4v) is 0.766. The van der Waals surface area contributed by atoms with E-state index in [0.29, 0.717) is 12.4 Å². The minimum atomic E-state index is 0.691. The molecular weight excluding hydrogens is 170 g/mol. The molecule has 0 saturated carbocycles. The highest BCUT2D eigenvalue weighted by Crippen LogP contribution is 1.92. The molecule has 1 aromatic rings. The molecule has 0 heterocycles. The number of rotatable bonds is 2. The average Bonchev–Trinajstić information content (AvgIpc) is 2.08. The molecule has 0 unspecified atom stereocenters. The number of nitrogens with two attached hydrogens (primary N) is 1. The molecule has 1 nitrogen and oxygen atoms in total. The van der Waals surface area contributed by atoms with Crippen LogP contribution in [0.4, 0.5) is 0 Å². The van der Waals surface area contributed by atoms with Crippen molar-refractivity contribution < 1.29 is 0 Å². The van der Waals surface area contributed by atoms with Crippen molar-refractivity contribution in [3.63, 3.8) is 0 Å². The van der Waals surface area contributed by atoms with Crippen LogP contribution < -0.4 is 5.73 Å². The van der Waals surface area contributed by atoms with Crippen LogP contribution in [0, 0.1) is 6.92 Å². The maximum Gasteiger partial charge on any atom is 0.0235 e. The highest BCUT2D eigenvalue weighted by Gasteiger charge is 1.72. The molecule has 0 aliphatic carbocycles. The number of benzene rings is 1. The van der Waals surface area contributed by atoms with Gasteiger partial charge in [0.1, 0.15) is 0 Å². The zero-order valence-electron chi connectivity index (χ0n) is 7.46. The maximum absolute atomic E-state index is 5.22. The van der Waals surface area contributed by atoms with Crippen molar-refractivity contribution in [2.45, 2.75) is 13.3 Å². The van der Waals surface area contributed by atoms with E-state index in [-0.39, 0.29) is 0 Å². The lowest BCUT2D eigenvalue weighted by Crippen LogP contribution is -1.97. The second-order valence-corrected chi connectivity index (χ2v) is 2.86. The summed E-state index contributed by atoms with van der Waals surface area (Å²) in [5.74, 6) is 0.691. The topological polar surface area (TPSA) is 26.0 Å². The zero-order chi connectivity index (χ0) is 9.23. The largest absolute Gasteiger partial charge is 0.330 e. The highest BCUT2D eigenvalue weighted by molar-refractivity contribution is 6.17. The summed E-state index contributed by atoms with van der Waals surface area (Å²) in [6.07, 6.45) is 0.932. The molecule has 0 saturated heterocycles. The van der Waals surface area contributed by atoms with E-state index in [1.54, 1.807) is 0 Å². The van der Waals surface area contributed by atoms with Gasteiger partial charge in [0.2, 0.25) is 0 Å². The van der Waals surface area contributed by atoms with E-state index in [9.17, 15) is 0 Å². The first-order chi connectivity index (χ1) is 5.81. The monoisotopic (exact) mass is 185 g/mol. The van der Waals surface area contributed by atoms with Crippen LogP contribution in [-0.2, 0) is 0 Å². The van der Waals surface area contributed by atoms with E-state index < -0.39 is 0 Å². The number of aryl methyl sites for hydroxylation is 1. The molecule has 0 fully saturated rings. The summed E-state index contributed by atoms with van der Waals surface area (Å²) in [6, 6.07) is 10.3. The van der Waals surface area contributed by atoms with Crippen LogP contribution in [0.1, 0.15) is 12.0 Å². The Balaban J connectivity index is 0.000000217. The lowest BCUT2D eigenvalue weighted by atomic mass is 10.2. The van der Waals surface area contributed by atoms with Gasteiger partial charge in [0.25, 0.3) is 0 Å². The molecule has 2 N–H and O–H groups in total. The van der Waals surface area contributed by atoms with E-state index in [4.69, 9.17) is 17.3 Å². The lowest BCUT2D eigenvalue weighted by molar-refractivity contribution is 0.939. The van der Waals surface area contributed by atoms with E-state index in [0.717, 1.165) is 6.42 Å². The molecule has 0 spiro atoms. The van der Waals surface area contributed by atoms with Gasteiger partial charge >= 0.3 is 0 Å². The fraction of sp³-hybridized carbons (Fsp3) is 0.400. The first kappa shape index (κ1) is 11.5. The minimum Gasteiger partial charge on any atom is -0.330 e. The van der Waals surface area contributed by atoms with Crippen molar-refractivity contribution >= 4 is 11.6 Å². The maximum atomic E-state index is 5.22. The van der Waals surface area contributed by atoms with Gasteiger partial charge < -0.3 is 5.73 Å². The Morgan fingerprint density at radius 1 is 1.25 bits per heavy atom.